The number of aromatic nitrogens is 2. The summed E-state index contributed by atoms with van der Waals surface area (Å²) in [5.74, 6) is 2.75. The zero-order chi connectivity index (χ0) is 15.7. The number of aryl methyl sites for hydroxylation is 1. The average molecular weight is 423 g/mol. The second-order valence-corrected chi connectivity index (χ2v) is 5.79. The molecule has 1 heterocycles. The molecular weight excluding hydrogens is 393 g/mol. The molecule has 1 aromatic heterocycles. The van der Waals surface area contributed by atoms with E-state index in [-0.39, 0.29) is 24.0 Å². The molecule has 1 atom stereocenters. The fraction of sp³-hybridized carbons (Fsp3) is 0.800. The van der Waals surface area contributed by atoms with Gasteiger partial charge in [0.05, 0.1) is 0 Å². The van der Waals surface area contributed by atoms with Gasteiger partial charge in [0, 0.05) is 19.5 Å². The number of halogens is 1. The van der Waals surface area contributed by atoms with E-state index in [2.05, 4.69) is 53.5 Å². The molecule has 1 aromatic rings. The Morgan fingerprint density at radius 1 is 1.27 bits per heavy atom. The van der Waals surface area contributed by atoms with Gasteiger partial charge in [0.1, 0.15) is 6.54 Å². The normalized spacial score (nSPS) is 12.9. The van der Waals surface area contributed by atoms with Crippen molar-refractivity contribution in [2.45, 2.75) is 66.5 Å². The predicted molar refractivity (Wildman–Crippen MR) is 101 cm³/mol. The van der Waals surface area contributed by atoms with Gasteiger partial charge in [0.25, 0.3) is 0 Å². The van der Waals surface area contributed by atoms with E-state index < -0.39 is 0 Å². The highest BCUT2D eigenvalue weighted by atomic mass is 127. The summed E-state index contributed by atoms with van der Waals surface area (Å²) in [7, 11) is 0. The van der Waals surface area contributed by atoms with Crippen molar-refractivity contribution < 1.29 is 4.52 Å². The Kier molecular flexibility index (Phi) is 11.2. The van der Waals surface area contributed by atoms with Crippen LogP contribution in [0.1, 0.15) is 58.7 Å². The van der Waals surface area contributed by atoms with Crippen LogP contribution in [-0.4, -0.2) is 28.7 Å². The van der Waals surface area contributed by atoms with Crippen molar-refractivity contribution in [3.8, 4) is 0 Å². The van der Waals surface area contributed by atoms with Crippen molar-refractivity contribution in [3.05, 3.63) is 11.7 Å². The van der Waals surface area contributed by atoms with Gasteiger partial charge < -0.3 is 15.2 Å². The summed E-state index contributed by atoms with van der Waals surface area (Å²) in [5, 5.41) is 10.5. The summed E-state index contributed by atoms with van der Waals surface area (Å²) in [6.07, 6.45) is 3.64. The second-order valence-electron chi connectivity index (χ2n) is 5.79. The highest BCUT2D eigenvalue weighted by Crippen LogP contribution is 2.08. The molecule has 0 aliphatic heterocycles. The van der Waals surface area contributed by atoms with E-state index in [1.54, 1.807) is 6.92 Å². The van der Waals surface area contributed by atoms with Gasteiger partial charge in [0.15, 0.2) is 11.8 Å². The monoisotopic (exact) mass is 423 g/mol. The lowest BCUT2D eigenvalue weighted by Gasteiger charge is -2.18. The number of nitrogens with zero attached hydrogens (tertiary/aromatic N) is 3. The van der Waals surface area contributed by atoms with E-state index in [0.717, 1.165) is 24.8 Å². The molecule has 128 valence electrons. The standard InChI is InChI=1S/C15H29N5O.HI/c1-6-16-15(17-10-14-19-13(5)21-20-14)18-12(4)9-7-8-11(2)3;/h11-12H,6-10H2,1-5H3,(H2,16,17,18);1H. The summed E-state index contributed by atoms with van der Waals surface area (Å²) in [5.41, 5.74) is 0. The lowest BCUT2D eigenvalue weighted by Crippen LogP contribution is -2.42. The van der Waals surface area contributed by atoms with Crippen LogP contribution in [0.25, 0.3) is 0 Å². The summed E-state index contributed by atoms with van der Waals surface area (Å²) in [6.45, 7) is 11.8. The lowest BCUT2D eigenvalue weighted by atomic mass is 10.0. The Labute approximate surface area is 150 Å². The van der Waals surface area contributed by atoms with Gasteiger partial charge in [-0.1, -0.05) is 31.8 Å². The summed E-state index contributed by atoms with van der Waals surface area (Å²) in [6, 6.07) is 0.397. The minimum Gasteiger partial charge on any atom is -0.357 e. The van der Waals surface area contributed by atoms with Crippen LogP contribution in [0.5, 0.6) is 0 Å². The van der Waals surface area contributed by atoms with Crippen LogP contribution in [0.4, 0.5) is 0 Å². The molecular formula is C15H30IN5O. The Hall–Kier alpha value is -0.860. The van der Waals surface area contributed by atoms with Gasteiger partial charge in [-0.2, -0.15) is 4.98 Å². The third-order valence-corrected chi connectivity index (χ3v) is 3.09. The Morgan fingerprint density at radius 3 is 2.55 bits per heavy atom. The molecule has 0 aliphatic rings. The highest BCUT2D eigenvalue weighted by molar-refractivity contribution is 14.0. The lowest BCUT2D eigenvalue weighted by molar-refractivity contribution is 0.387. The maximum atomic E-state index is 4.94. The molecule has 0 amide bonds. The summed E-state index contributed by atoms with van der Waals surface area (Å²) in [4.78, 5) is 8.64. The van der Waals surface area contributed by atoms with Gasteiger partial charge >= 0.3 is 0 Å². The van der Waals surface area contributed by atoms with Crippen molar-refractivity contribution in [1.82, 2.24) is 20.8 Å². The zero-order valence-corrected chi connectivity index (χ0v) is 16.7. The van der Waals surface area contributed by atoms with Crippen LogP contribution < -0.4 is 10.6 Å². The maximum Gasteiger partial charge on any atom is 0.223 e. The Bertz CT molecular complexity index is 433. The molecule has 1 unspecified atom stereocenters. The van der Waals surface area contributed by atoms with Gasteiger partial charge in [-0.15, -0.1) is 24.0 Å². The SMILES string of the molecule is CCNC(=NCc1noc(C)n1)NC(C)CCCC(C)C.I. The molecule has 0 spiro atoms. The first-order valence-corrected chi connectivity index (χ1v) is 7.85. The number of nitrogens with one attached hydrogen (secondary N) is 2. The fourth-order valence-corrected chi connectivity index (χ4v) is 2.01. The predicted octanol–water partition coefficient (Wildman–Crippen LogP) is 3.27. The van der Waals surface area contributed by atoms with Gasteiger partial charge in [-0.25, -0.2) is 4.99 Å². The molecule has 0 fully saturated rings. The smallest absolute Gasteiger partial charge is 0.223 e. The van der Waals surface area contributed by atoms with Gasteiger partial charge in [-0.05, 0) is 26.2 Å². The third-order valence-electron chi connectivity index (χ3n) is 3.09. The number of guanidine groups is 1. The number of rotatable bonds is 8. The molecule has 22 heavy (non-hydrogen) atoms. The van der Waals surface area contributed by atoms with E-state index in [9.17, 15) is 0 Å². The van der Waals surface area contributed by atoms with E-state index in [0.29, 0.717) is 24.3 Å². The molecule has 0 aliphatic carbocycles. The van der Waals surface area contributed by atoms with Crippen LogP contribution in [0.3, 0.4) is 0 Å². The quantitative estimate of drug-likeness (QED) is 0.382. The highest BCUT2D eigenvalue weighted by Gasteiger charge is 2.07. The third kappa shape index (κ3) is 9.22. The second kappa shape index (κ2) is 11.7. The fourth-order valence-electron chi connectivity index (χ4n) is 2.01. The Morgan fingerprint density at radius 2 is 2.00 bits per heavy atom. The van der Waals surface area contributed by atoms with Crippen molar-refractivity contribution in [1.29, 1.82) is 0 Å². The first-order chi connectivity index (χ1) is 10.0. The number of aliphatic imine (C=N–C) groups is 1. The minimum absolute atomic E-state index is 0. The molecule has 6 nitrogen and oxygen atoms in total. The van der Waals surface area contributed by atoms with Gasteiger partial charge in [-0.3, -0.25) is 0 Å². The molecule has 0 aromatic carbocycles. The largest absolute Gasteiger partial charge is 0.357 e. The summed E-state index contributed by atoms with van der Waals surface area (Å²) < 4.78 is 4.94. The topological polar surface area (TPSA) is 75.3 Å². The van der Waals surface area contributed by atoms with Crippen LogP contribution in [0.2, 0.25) is 0 Å². The maximum absolute atomic E-state index is 4.94. The van der Waals surface area contributed by atoms with E-state index >= 15 is 0 Å². The van der Waals surface area contributed by atoms with Crippen molar-refractivity contribution in [2.24, 2.45) is 10.9 Å². The van der Waals surface area contributed by atoms with Crippen LogP contribution in [0.15, 0.2) is 9.52 Å². The first-order valence-electron chi connectivity index (χ1n) is 7.85. The zero-order valence-electron chi connectivity index (χ0n) is 14.3. The summed E-state index contributed by atoms with van der Waals surface area (Å²) >= 11 is 0. The molecule has 1 rings (SSSR count). The number of hydrogen-bond acceptors (Lipinski definition) is 4. The Balaban J connectivity index is 0.00000441. The molecule has 0 radical (unpaired) electrons. The van der Waals surface area contributed by atoms with Crippen molar-refractivity contribution in [3.63, 3.8) is 0 Å². The van der Waals surface area contributed by atoms with Gasteiger partial charge in [0.2, 0.25) is 5.89 Å². The molecule has 0 bridgehead atoms. The van der Waals surface area contributed by atoms with Crippen LogP contribution >= 0.6 is 24.0 Å². The van der Waals surface area contributed by atoms with Crippen LogP contribution in [0, 0.1) is 12.8 Å². The first kappa shape index (κ1) is 21.1. The van der Waals surface area contributed by atoms with E-state index in [1.807, 2.05) is 0 Å². The molecule has 2 N–H and O–H groups in total. The average Bonchev–Trinajstić information content (AvgIpc) is 2.81. The molecule has 0 saturated carbocycles. The molecule has 0 saturated heterocycles. The van der Waals surface area contributed by atoms with Crippen LogP contribution in [-0.2, 0) is 6.54 Å². The minimum atomic E-state index is 0. The number of hydrogen-bond donors (Lipinski definition) is 2. The van der Waals surface area contributed by atoms with E-state index in [4.69, 9.17) is 4.52 Å². The van der Waals surface area contributed by atoms with Crippen molar-refractivity contribution >= 4 is 29.9 Å². The molecule has 7 heteroatoms. The van der Waals surface area contributed by atoms with Crippen molar-refractivity contribution in [2.75, 3.05) is 6.54 Å². The van der Waals surface area contributed by atoms with E-state index in [1.165, 1.54) is 12.8 Å².